The lowest BCUT2D eigenvalue weighted by atomic mass is 9.12. The van der Waals surface area contributed by atoms with E-state index >= 15 is 35.1 Å². The van der Waals surface area contributed by atoms with Gasteiger partial charge in [-0.15, -0.1) is 21.9 Å². The van der Waals surface area contributed by atoms with E-state index in [0.29, 0.717) is 0 Å². The zero-order valence-electron chi connectivity index (χ0n) is 31.7. The van der Waals surface area contributed by atoms with Crippen molar-refractivity contribution in [2.24, 2.45) is 0 Å². The largest absolute Gasteiger partial charge is 0.330 e. The van der Waals surface area contributed by atoms with Crippen LogP contribution in [0.2, 0.25) is 0 Å². The second-order valence-corrected chi connectivity index (χ2v) is 13.8. The molecule has 1 nitrogen and oxygen atoms in total. The minimum atomic E-state index is -7.22. The maximum atomic E-state index is 15.4. The third-order valence-electron chi connectivity index (χ3n) is 9.92. The molecule has 0 aliphatic rings. The lowest BCUT2D eigenvalue weighted by Gasteiger charge is -2.44. The van der Waals surface area contributed by atoms with Crippen LogP contribution in [0.15, 0.2) is 0 Å². The molecule has 0 aliphatic carbocycles. The molecule has 4 rings (SSSR count). The Morgan fingerprint density at radius 3 is 0.677 bits per heavy atom. The zero-order valence-corrected chi connectivity index (χ0v) is 31.7. The monoisotopic (exact) mass is 929 g/mol. The van der Waals surface area contributed by atoms with Gasteiger partial charge >= 0.3 is 0 Å². The Morgan fingerprint density at radius 2 is 0.500 bits per heavy atom. The average molecular weight is 929 g/mol. The van der Waals surface area contributed by atoms with Crippen molar-refractivity contribution in [2.75, 3.05) is 19.6 Å². The number of benzene rings is 4. The number of halogens is 22. The SMILES string of the molecule is CCCCCC[NH+](CCCCCC)CC(F)F.Fc1c(F)c(F)c([B-](c2c(F)c(F)c(F)c(F)c2F)(c2c(F)c(F)c(F)c(F)c2F)c2c(F)c(F)c(F)c(F)c2F)c(F)c1F. The van der Waals surface area contributed by atoms with Crippen LogP contribution in [0.5, 0.6) is 0 Å². The molecule has 0 spiro atoms. The van der Waals surface area contributed by atoms with E-state index in [4.69, 9.17) is 0 Å². The lowest BCUT2D eigenvalue weighted by Crippen LogP contribution is -3.12. The van der Waals surface area contributed by atoms with Gasteiger partial charge in [-0.1, -0.05) is 39.5 Å². The summed E-state index contributed by atoms with van der Waals surface area (Å²) in [4.78, 5) is 1.10. The highest BCUT2D eigenvalue weighted by Crippen LogP contribution is 2.30. The fourth-order valence-corrected chi connectivity index (χ4v) is 7.03. The maximum absolute atomic E-state index is 15.4. The number of hydrogen-bond donors (Lipinski definition) is 1. The van der Waals surface area contributed by atoms with E-state index < -0.39 is 151 Å². The second-order valence-electron chi connectivity index (χ2n) is 13.8. The smallest absolute Gasteiger partial charge is 0.286 e. The molecule has 0 fully saturated rings. The fraction of sp³-hybridized carbons (Fsp3) is 0.368. The molecule has 0 amide bonds. The van der Waals surface area contributed by atoms with E-state index in [0.717, 1.165) is 30.8 Å². The van der Waals surface area contributed by atoms with Gasteiger partial charge in [0.15, 0.2) is 69.8 Å². The van der Waals surface area contributed by atoms with Gasteiger partial charge in [-0.3, -0.25) is 0 Å². The Kier molecular flexibility index (Phi) is 17.6. The van der Waals surface area contributed by atoms with Crippen molar-refractivity contribution in [3.8, 4) is 0 Å². The van der Waals surface area contributed by atoms with E-state index in [1.165, 1.54) is 38.5 Å². The molecule has 0 saturated carbocycles. The minimum Gasteiger partial charge on any atom is -0.330 e. The van der Waals surface area contributed by atoms with E-state index in [-0.39, 0.29) is 6.54 Å². The maximum Gasteiger partial charge on any atom is 0.286 e. The average Bonchev–Trinajstić information content (AvgIpc) is 3.23. The molecule has 0 aromatic heterocycles. The molecule has 344 valence electrons. The van der Waals surface area contributed by atoms with Crippen molar-refractivity contribution >= 4 is 28.0 Å². The van der Waals surface area contributed by atoms with Crippen molar-refractivity contribution in [3.63, 3.8) is 0 Å². The zero-order chi connectivity index (χ0) is 47.3. The molecule has 62 heavy (non-hydrogen) atoms. The number of nitrogens with one attached hydrogen (secondary N) is 1. The summed E-state index contributed by atoms with van der Waals surface area (Å²) < 4.78 is 319. The van der Waals surface area contributed by atoms with Crippen molar-refractivity contribution in [3.05, 3.63) is 116 Å². The van der Waals surface area contributed by atoms with Gasteiger partial charge in [0.05, 0.1) is 13.1 Å². The van der Waals surface area contributed by atoms with Crippen molar-refractivity contribution < 1.29 is 101 Å². The summed E-state index contributed by atoms with van der Waals surface area (Å²) in [6, 6.07) is 0. The Morgan fingerprint density at radius 1 is 0.306 bits per heavy atom. The lowest BCUT2D eigenvalue weighted by molar-refractivity contribution is -0.904. The number of quaternary nitrogens is 1. The fourth-order valence-electron chi connectivity index (χ4n) is 7.03. The van der Waals surface area contributed by atoms with Crippen LogP contribution in [0.4, 0.5) is 96.6 Å². The molecule has 0 radical (unpaired) electrons. The molecule has 4 aromatic rings. The number of hydrogen-bond acceptors (Lipinski definition) is 0. The Hall–Kier alpha value is -4.64. The van der Waals surface area contributed by atoms with Crippen LogP contribution in [0.3, 0.4) is 0 Å². The number of alkyl halides is 2. The van der Waals surface area contributed by atoms with Gasteiger partial charge in [-0.25, -0.2) is 96.6 Å². The molecule has 1 N–H and O–H groups in total. The first kappa shape index (κ1) is 51.7. The van der Waals surface area contributed by atoms with Crippen molar-refractivity contribution in [1.29, 1.82) is 0 Å². The van der Waals surface area contributed by atoms with Crippen LogP contribution in [0.25, 0.3) is 0 Å². The van der Waals surface area contributed by atoms with Crippen LogP contribution in [-0.2, 0) is 0 Å². The molecule has 4 aromatic carbocycles. The van der Waals surface area contributed by atoms with Crippen LogP contribution in [0.1, 0.15) is 65.2 Å². The molecule has 0 saturated heterocycles. The number of unbranched alkanes of at least 4 members (excludes halogenated alkanes) is 6. The summed E-state index contributed by atoms with van der Waals surface area (Å²) in [5, 5.41) is 0. The summed E-state index contributed by atoms with van der Waals surface area (Å²) in [6.45, 7) is 6.24. The highest BCUT2D eigenvalue weighted by atomic mass is 19.3. The summed E-state index contributed by atoms with van der Waals surface area (Å²) in [7, 11) is 0. The van der Waals surface area contributed by atoms with Crippen LogP contribution in [0, 0.1) is 116 Å². The molecule has 0 heterocycles. The second kappa shape index (κ2) is 21.2. The van der Waals surface area contributed by atoms with Gasteiger partial charge < -0.3 is 4.90 Å². The summed E-state index contributed by atoms with van der Waals surface area (Å²) in [5.41, 5.74) is -14.3. The standard InChI is InChI=1S/C24BF20.C14H29F2N/c26-5-1(6(27)14(35)21(42)13(5)34)25(2-7(28)15(36)22(43)16(37)8(2)29,3-9(30)17(38)23(44)18(39)10(3)31)4-11(32)19(40)24(45)20(41)12(4)33;1-3-5-7-9-11-17(13-14(15)16)12-10-8-6-4-2/h;14H,3-13H2,1-2H3/q-1;/p+1. The van der Waals surface area contributed by atoms with Gasteiger partial charge in [0.2, 0.25) is 0 Å². The van der Waals surface area contributed by atoms with E-state index in [9.17, 15) is 61.5 Å². The van der Waals surface area contributed by atoms with Gasteiger partial charge in [0, 0.05) is 0 Å². The Bertz CT molecular complexity index is 1870. The van der Waals surface area contributed by atoms with Gasteiger partial charge in [0.1, 0.15) is 59.2 Å². The van der Waals surface area contributed by atoms with Gasteiger partial charge in [-0.05, 0) is 25.7 Å². The van der Waals surface area contributed by atoms with Gasteiger partial charge in [0.25, 0.3) is 6.43 Å². The van der Waals surface area contributed by atoms with Crippen LogP contribution >= 0.6 is 0 Å². The normalized spacial score (nSPS) is 11.9. The first-order chi connectivity index (χ1) is 28.9. The summed E-state index contributed by atoms with van der Waals surface area (Å²) in [6.07, 6.45) is 0.105. The number of rotatable bonds is 16. The van der Waals surface area contributed by atoms with Crippen LogP contribution < -0.4 is 26.8 Å². The van der Waals surface area contributed by atoms with E-state index in [1.807, 2.05) is 0 Å². The van der Waals surface area contributed by atoms with Gasteiger partial charge in [-0.2, -0.15) is 0 Å². The summed E-state index contributed by atoms with van der Waals surface area (Å²) >= 11 is 0. The molecular formula is C38H30BF22N. The van der Waals surface area contributed by atoms with E-state index in [2.05, 4.69) is 13.8 Å². The Labute approximate surface area is 337 Å². The summed E-state index contributed by atoms with van der Waals surface area (Å²) in [5.74, 6) is -71.4. The van der Waals surface area contributed by atoms with Crippen LogP contribution in [-0.4, -0.2) is 32.2 Å². The molecular weight excluding hydrogens is 899 g/mol. The molecule has 0 aliphatic heterocycles. The first-order valence-corrected chi connectivity index (χ1v) is 18.3. The molecule has 0 atom stereocenters. The molecule has 24 heteroatoms. The first-order valence-electron chi connectivity index (χ1n) is 18.3. The van der Waals surface area contributed by atoms with Crippen molar-refractivity contribution in [2.45, 2.75) is 71.6 Å². The molecule has 0 bridgehead atoms. The highest BCUT2D eigenvalue weighted by molar-refractivity contribution is 7.20. The minimum absolute atomic E-state index is 0.0399. The Balaban J connectivity index is 0.000000509. The van der Waals surface area contributed by atoms with Crippen molar-refractivity contribution in [1.82, 2.24) is 0 Å². The predicted molar refractivity (Wildman–Crippen MR) is 179 cm³/mol. The van der Waals surface area contributed by atoms with E-state index in [1.54, 1.807) is 0 Å². The third-order valence-corrected chi connectivity index (χ3v) is 9.92. The highest BCUT2D eigenvalue weighted by Gasteiger charge is 2.52. The third kappa shape index (κ3) is 9.48. The topological polar surface area (TPSA) is 4.44 Å². The molecule has 0 unspecified atom stereocenters. The predicted octanol–water partition coefficient (Wildman–Crippen LogP) is 9.14. The quantitative estimate of drug-likeness (QED) is 0.0376.